The maximum absolute atomic E-state index is 13.4. The van der Waals surface area contributed by atoms with E-state index >= 15 is 0 Å². The van der Waals surface area contributed by atoms with Crippen molar-refractivity contribution in [3.8, 4) is 11.4 Å². The van der Waals surface area contributed by atoms with Crippen LogP contribution < -0.4 is 0 Å². The molecule has 1 saturated heterocycles. The van der Waals surface area contributed by atoms with Gasteiger partial charge in [-0.2, -0.15) is 0 Å². The first-order valence-electron chi connectivity index (χ1n) is 9.80. The van der Waals surface area contributed by atoms with Crippen molar-refractivity contribution in [3.05, 3.63) is 73.1 Å². The number of hydrogen-bond donors (Lipinski definition) is 0. The zero-order valence-electron chi connectivity index (χ0n) is 16.6. The first kappa shape index (κ1) is 20.3. The molecule has 3 aromatic rings. The second-order valence-electron chi connectivity index (χ2n) is 6.79. The number of nitrogens with zero attached hydrogens (tertiary/aromatic N) is 5. The van der Waals surface area contributed by atoms with Crippen molar-refractivity contribution in [3.63, 3.8) is 0 Å². The van der Waals surface area contributed by atoms with Crippen LogP contribution >= 0.6 is 11.8 Å². The van der Waals surface area contributed by atoms with E-state index < -0.39 is 5.25 Å². The van der Waals surface area contributed by atoms with Crippen LogP contribution in [0.5, 0.6) is 0 Å². The normalized spacial score (nSPS) is 15.0. The van der Waals surface area contributed by atoms with E-state index in [1.54, 1.807) is 18.5 Å². The number of allylic oxidation sites excluding steroid dienone is 1. The van der Waals surface area contributed by atoms with Crippen LogP contribution in [0.15, 0.2) is 72.7 Å². The van der Waals surface area contributed by atoms with Crippen molar-refractivity contribution < 1.29 is 9.53 Å². The van der Waals surface area contributed by atoms with Crippen molar-refractivity contribution in [2.75, 3.05) is 26.3 Å². The zero-order valence-corrected chi connectivity index (χ0v) is 17.4. The summed E-state index contributed by atoms with van der Waals surface area (Å²) in [5.74, 6) is 0.790. The van der Waals surface area contributed by atoms with Gasteiger partial charge in [-0.1, -0.05) is 48.2 Å². The van der Waals surface area contributed by atoms with Crippen molar-refractivity contribution in [1.82, 2.24) is 24.6 Å². The van der Waals surface area contributed by atoms with Crippen LogP contribution in [0.4, 0.5) is 0 Å². The first-order chi connectivity index (χ1) is 14.8. The van der Waals surface area contributed by atoms with Crippen molar-refractivity contribution >= 4 is 17.7 Å². The lowest BCUT2D eigenvalue weighted by atomic mass is 10.1. The molecule has 1 atom stereocenters. The van der Waals surface area contributed by atoms with E-state index in [-0.39, 0.29) is 5.91 Å². The van der Waals surface area contributed by atoms with Crippen molar-refractivity contribution in [2.24, 2.45) is 0 Å². The largest absolute Gasteiger partial charge is 0.378 e. The monoisotopic (exact) mass is 421 g/mol. The standard InChI is InChI=1S/C22H23N5O2S/c1-2-12-27-20(18-8-10-23-11-9-18)24-25-22(27)30-19(17-6-4-3-5-7-17)21(28)26-13-15-29-16-14-26/h2-11,19H,1,12-16H2/t19-/m1/s1. The van der Waals surface area contributed by atoms with Gasteiger partial charge in [0.1, 0.15) is 5.25 Å². The maximum atomic E-state index is 13.4. The molecule has 0 bridgehead atoms. The number of rotatable bonds is 7. The summed E-state index contributed by atoms with van der Waals surface area (Å²) in [6.07, 6.45) is 5.26. The average molecular weight is 422 g/mol. The highest BCUT2D eigenvalue weighted by atomic mass is 32.2. The fourth-order valence-electron chi connectivity index (χ4n) is 3.33. The minimum absolute atomic E-state index is 0.0631. The van der Waals surface area contributed by atoms with Crippen molar-refractivity contribution in [1.29, 1.82) is 0 Å². The third kappa shape index (κ3) is 4.44. The quantitative estimate of drug-likeness (QED) is 0.431. The Kier molecular flexibility index (Phi) is 6.56. The van der Waals surface area contributed by atoms with Gasteiger partial charge in [0.2, 0.25) is 5.91 Å². The van der Waals surface area contributed by atoms with E-state index in [0.717, 1.165) is 17.0 Å². The lowest BCUT2D eigenvalue weighted by molar-refractivity contribution is -0.134. The molecule has 154 valence electrons. The molecule has 1 amide bonds. The Hall–Kier alpha value is -2.97. The molecular formula is C22H23N5O2S. The topological polar surface area (TPSA) is 73.1 Å². The summed E-state index contributed by atoms with van der Waals surface area (Å²) < 4.78 is 7.40. The number of hydrogen-bond acceptors (Lipinski definition) is 6. The number of morpholine rings is 1. The van der Waals surface area contributed by atoms with Gasteiger partial charge in [-0.05, 0) is 17.7 Å². The van der Waals surface area contributed by atoms with Crippen LogP contribution in [0, 0.1) is 0 Å². The minimum atomic E-state index is -0.414. The molecule has 1 fully saturated rings. The zero-order chi connectivity index (χ0) is 20.8. The predicted molar refractivity (Wildman–Crippen MR) is 116 cm³/mol. The third-order valence-electron chi connectivity index (χ3n) is 4.84. The molecule has 7 nitrogen and oxygen atoms in total. The summed E-state index contributed by atoms with van der Waals surface area (Å²) >= 11 is 1.42. The Balaban J connectivity index is 1.68. The molecule has 0 saturated carbocycles. The van der Waals surface area contributed by atoms with E-state index in [4.69, 9.17) is 4.74 Å². The fourth-order valence-corrected chi connectivity index (χ4v) is 4.46. The van der Waals surface area contributed by atoms with Gasteiger partial charge in [0, 0.05) is 37.6 Å². The van der Waals surface area contributed by atoms with Gasteiger partial charge in [0.05, 0.1) is 13.2 Å². The molecule has 2 aromatic heterocycles. The molecule has 0 radical (unpaired) electrons. The number of ether oxygens (including phenoxy) is 1. The summed E-state index contributed by atoms with van der Waals surface area (Å²) in [6, 6.07) is 13.6. The van der Waals surface area contributed by atoms with Crippen LogP contribution in [0.3, 0.4) is 0 Å². The van der Waals surface area contributed by atoms with Gasteiger partial charge in [0.15, 0.2) is 11.0 Å². The predicted octanol–water partition coefficient (Wildman–Crippen LogP) is 3.22. The SMILES string of the molecule is C=CCn1c(S[C@@H](C(=O)N2CCOCC2)c2ccccc2)nnc1-c1ccncc1. The Morgan fingerprint density at radius 1 is 1.13 bits per heavy atom. The van der Waals surface area contributed by atoms with Crippen LogP contribution in [-0.4, -0.2) is 56.9 Å². The maximum Gasteiger partial charge on any atom is 0.240 e. The summed E-state index contributed by atoms with van der Waals surface area (Å²) in [7, 11) is 0. The molecule has 1 aromatic carbocycles. The summed E-state index contributed by atoms with van der Waals surface area (Å²) in [6.45, 7) is 6.75. The summed E-state index contributed by atoms with van der Waals surface area (Å²) in [5.41, 5.74) is 1.86. The number of benzene rings is 1. The number of amides is 1. The van der Waals surface area contributed by atoms with E-state index in [1.807, 2.05) is 51.9 Å². The van der Waals surface area contributed by atoms with Gasteiger partial charge >= 0.3 is 0 Å². The van der Waals surface area contributed by atoms with Gasteiger partial charge in [-0.3, -0.25) is 14.3 Å². The molecular weight excluding hydrogens is 398 g/mol. The molecule has 30 heavy (non-hydrogen) atoms. The summed E-state index contributed by atoms with van der Waals surface area (Å²) in [4.78, 5) is 19.4. The van der Waals surface area contributed by atoms with Crippen LogP contribution in [0.1, 0.15) is 10.8 Å². The molecule has 3 heterocycles. The number of thioether (sulfide) groups is 1. The Bertz CT molecular complexity index is 987. The minimum Gasteiger partial charge on any atom is -0.378 e. The number of pyridine rings is 1. The van der Waals surface area contributed by atoms with E-state index in [2.05, 4.69) is 21.8 Å². The molecule has 8 heteroatoms. The van der Waals surface area contributed by atoms with Gasteiger partial charge in [0.25, 0.3) is 0 Å². The van der Waals surface area contributed by atoms with Crippen molar-refractivity contribution in [2.45, 2.75) is 17.0 Å². The molecule has 0 unspecified atom stereocenters. The molecule has 0 N–H and O–H groups in total. The third-order valence-corrected chi connectivity index (χ3v) is 6.06. The highest BCUT2D eigenvalue weighted by molar-refractivity contribution is 8.00. The van der Waals surface area contributed by atoms with Gasteiger partial charge in [-0.25, -0.2) is 0 Å². The fraction of sp³-hybridized carbons (Fsp3) is 0.273. The Morgan fingerprint density at radius 2 is 1.87 bits per heavy atom. The van der Waals surface area contributed by atoms with E-state index in [0.29, 0.717) is 38.0 Å². The van der Waals surface area contributed by atoms with Gasteiger partial charge < -0.3 is 9.64 Å². The summed E-state index contributed by atoms with van der Waals surface area (Å²) in [5, 5.41) is 9.07. The lowest BCUT2D eigenvalue weighted by Gasteiger charge is -2.30. The van der Waals surface area contributed by atoms with Crippen LogP contribution in [0.2, 0.25) is 0 Å². The highest BCUT2D eigenvalue weighted by Gasteiger charge is 2.30. The van der Waals surface area contributed by atoms with Crippen LogP contribution in [0.25, 0.3) is 11.4 Å². The molecule has 0 aliphatic carbocycles. The second kappa shape index (κ2) is 9.69. The number of carbonyl (C=O) groups excluding carboxylic acids is 1. The second-order valence-corrected chi connectivity index (χ2v) is 7.86. The lowest BCUT2D eigenvalue weighted by Crippen LogP contribution is -2.42. The number of carbonyl (C=O) groups is 1. The van der Waals surface area contributed by atoms with E-state index in [9.17, 15) is 4.79 Å². The Labute approximate surface area is 179 Å². The van der Waals surface area contributed by atoms with Gasteiger partial charge in [-0.15, -0.1) is 16.8 Å². The average Bonchev–Trinajstić information content (AvgIpc) is 3.21. The first-order valence-corrected chi connectivity index (χ1v) is 10.7. The molecule has 0 spiro atoms. The molecule has 4 rings (SSSR count). The van der Waals surface area contributed by atoms with Crippen LogP contribution in [-0.2, 0) is 16.1 Å². The molecule has 1 aliphatic heterocycles. The highest BCUT2D eigenvalue weighted by Crippen LogP contribution is 2.37. The Morgan fingerprint density at radius 3 is 2.57 bits per heavy atom. The van der Waals surface area contributed by atoms with E-state index in [1.165, 1.54) is 11.8 Å². The number of aromatic nitrogens is 4. The smallest absolute Gasteiger partial charge is 0.240 e. The molecule has 1 aliphatic rings.